The van der Waals surface area contributed by atoms with Crippen molar-refractivity contribution in [1.82, 2.24) is 10.6 Å². The number of benzene rings is 1. The first-order valence-corrected chi connectivity index (χ1v) is 6.85. The van der Waals surface area contributed by atoms with Crippen LogP contribution in [0.1, 0.15) is 29.6 Å². The molecule has 0 amide bonds. The van der Waals surface area contributed by atoms with Crippen molar-refractivity contribution >= 4 is 17.4 Å². The molecule has 0 spiro atoms. The molecule has 1 saturated heterocycles. The topological polar surface area (TPSA) is 41.1 Å². The third kappa shape index (κ3) is 2.66. The second kappa shape index (κ2) is 5.10. The fraction of sp³-hybridized carbons (Fsp3) is 0.267. The number of rotatable bonds is 2. The smallest absolute Gasteiger partial charge is 0.189 e. The summed E-state index contributed by atoms with van der Waals surface area (Å²) in [5.74, 6) is 0.736. The Morgan fingerprint density at radius 1 is 1.42 bits per heavy atom. The van der Waals surface area contributed by atoms with Gasteiger partial charge in [0.1, 0.15) is 5.82 Å². The van der Waals surface area contributed by atoms with Gasteiger partial charge in [-0.3, -0.25) is 4.79 Å². The minimum atomic E-state index is -0.0447. The van der Waals surface area contributed by atoms with E-state index in [1.165, 1.54) is 12.1 Å². The average molecular weight is 275 g/mol. The molecule has 1 aromatic carbocycles. The van der Waals surface area contributed by atoms with E-state index in [0.717, 1.165) is 18.7 Å². The fourth-order valence-electron chi connectivity index (χ4n) is 2.48. The van der Waals surface area contributed by atoms with Crippen molar-refractivity contribution in [2.24, 2.45) is 0 Å². The Morgan fingerprint density at radius 3 is 3.11 bits per heavy atom. The van der Waals surface area contributed by atoms with Gasteiger partial charge in [-0.15, -0.1) is 0 Å². The number of halogens is 1. The first kappa shape index (κ1) is 12.3. The van der Waals surface area contributed by atoms with E-state index < -0.39 is 0 Å². The van der Waals surface area contributed by atoms with Gasteiger partial charge in [0, 0.05) is 22.4 Å². The first-order valence-electron chi connectivity index (χ1n) is 6.47. The molecule has 2 aliphatic rings. The molecule has 2 N–H and O–H groups in total. The maximum absolute atomic E-state index is 12.1. The van der Waals surface area contributed by atoms with Crippen LogP contribution < -0.4 is 10.6 Å². The zero-order chi connectivity index (χ0) is 13.2. The fourth-order valence-corrected chi connectivity index (χ4v) is 2.67. The third-order valence-electron chi connectivity index (χ3n) is 3.43. The van der Waals surface area contributed by atoms with E-state index in [0.29, 0.717) is 16.6 Å². The van der Waals surface area contributed by atoms with Gasteiger partial charge in [0.2, 0.25) is 0 Å². The van der Waals surface area contributed by atoms with Crippen molar-refractivity contribution in [2.75, 3.05) is 0 Å². The number of hydrogen-bond acceptors (Lipinski definition) is 3. The Labute approximate surface area is 117 Å². The molecule has 98 valence electrons. The quantitative estimate of drug-likeness (QED) is 0.643. The Bertz CT molecular complexity index is 577. The lowest BCUT2D eigenvalue weighted by Crippen LogP contribution is -2.23. The zero-order valence-corrected chi connectivity index (χ0v) is 11.2. The molecule has 1 fully saturated rings. The highest BCUT2D eigenvalue weighted by Crippen LogP contribution is 2.22. The van der Waals surface area contributed by atoms with E-state index >= 15 is 0 Å². The molecule has 0 unspecified atom stereocenters. The lowest BCUT2D eigenvalue weighted by atomic mass is 10.0. The summed E-state index contributed by atoms with van der Waals surface area (Å²) in [6.07, 6.45) is 7.21. The summed E-state index contributed by atoms with van der Waals surface area (Å²) >= 11 is 5.89. The molecule has 3 rings (SSSR count). The molecule has 19 heavy (non-hydrogen) atoms. The molecular weight excluding hydrogens is 260 g/mol. The van der Waals surface area contributed by atoms with Crippen LogP contribution in [0.25, 0.3) is 0 Å². The summed E-state index contributed by atoms with van der Waals surface area (Å²) < 4.78 is 0. The molecular formula is C15H15ClN2O. The largest absolute Gasteiger partial charge is 0.363 e. The van der Waals surface area contributed by atoms with Crippen molar-refractivity contribution in [2.45, 2.75) is 25.3 Å². The highest BCUT2D eigenvalue weighted by atomic mass is 35.5. The second-order valence-corrected chi connectivity index (χ2v) is 5.28. The summed E-state index contributed by atoms with van der Waals surface area (Å²) in [4.78, 5) is 12.1. The highest BCUT2D eigenvalue weighted by molar-refractivity contribution is 6.31. The normalized spacial score (nSPS) is 23.3. The minimum Gasteiger partial charge on any atom is -0.363 e. The Kier molecular flexibility index (Phi) is 3.30. The summed E-state index contributed by atoms with van der Waals surface area (Å²) in [5.41, 5.74) is 1.80. The number of ketones is 1. The van der Waals surface area contributed by atoms with Crippen molar-refractivity contribution in [1.29, 1.82) is 0 Å². The van der Waals surface area contributed by atoms with Crippen LogP contribution in [-0.4, -0.2) is 11.8 Å². The summed E-state index contributed by atoms with van der Waals surface area (Å²) in [7, 11) is 0. The molecule has 0 saturated carbocycles. The van der Waals surface area contributed by atoms with Crippen LogP contribution in [0.15, 0.2) is 47.9 Å². The van der Waals surface area contributed by atoms with E-state index in [1.54, 1.807) is 30.3 Å². The van der Waals surface area contributed by atoms with Gasteiger partial charge in [-0.1, -0.05) is 29.8 Å². The Morgan fingerprint density at radius 2 is 2.32 bits per heavy atom. The Hall–Kier alpha value is -1.74. The second-order valence-electron chi connectivity index (χ2n) is 4.84. The van der Waals surface area contributed by atoms with E-state index in [-0.39, 0.29) is 5.78 Å². The molecule has 0 bridgehead atoms. The number of nitrogens with one attached hydrogen (secondary N) is 2. The van der Waals surface area contributed by atoms with E-state index in [9.17, 15) is 4.79 Å². The van der Waals surface area contributed by atoms with Gasteiger partial charge in [0.25, 0.3) is 0 Å². The molecule has 0 radical (unpaired) electrons. The highest BCUT2D eigenvalue weighted by Gasteiger charge is 2.25. The van der Waals surface area contributed by atoms with Gasteiger partial charge >= 0.3 is 0 Å². The third-order valence-corrected chi connectivity index (χ3v) is 3.66. The average Bonchev–Trinajstić information content (AvgIpc) is 2.80. The number of hydrogen-bond donors (Lipinski definition) is 2. The van der Waals surface area contributed by atoms with Crippen LogP contribution >= 0.6 is 11.6 Å². The summed E-state index contributed by atoms with van der Waals surface area (Å²) in [6, 6.07) is 7.34. The monoisotopic (exact) mass is 274 g/mol. The van der Waals surface area contributed by atoms with Gasteiger partial charge in [0.05, 0.1) is 6.04 Å². The van der Waals surface area contributed by atoms with Crippen molar-refractivity contribution < 1.29 is 4.79 Å². The lowest BCUT2D eigenvalue weighted by molar-refractivity contribution is 0.104. The van der Waals surface area contributed by atoms with Crippen molar-refractivity contribution in [3.05, 3.63) is 58.5 Å². The van der Waals surface area contributed by atoms with Gasteiger partial charge in [-0.25, -0.2) is 0 Å². The van der Waals surface area contributed by atoms with Crippen molar-refractivity contribution in [3.63, 3.8) is 0 Å². The van der Waals surface area contributed by atoms with Gasteiger partial charge in [0.15, 0.2) is 5.78 Å². The van der Waals surface area contributed by atoms with E-state index in [1.807, 2.05) is 0 Å². The molecule has 1 aromatic rings. The van der Waals surface area contributed by atoms with Gasteiger partial charge in [-0.2, -0.15) is 0 Å². The predicted molar refractivity (Wildman–Crippen MR) is 75.9 cm³/mol. The minimum absolute atomic E-state index is 0.0447. The predicted octanol–water partition coefficient (Wildman–Crippen LogP) is 2.99. The van der Waals surface area contributed by atoms with Crippen LogP contribution in [0.5, 0.6) is 0 Å². The molecule has 4 heteroatoms. The molecule has 1 aliphatic heterocycles. The van der Waals surface area contributed by atoms with E-state index in [4.69, 9.17) is 11.6 Å². The maximum Gasteiger partial charge on any atom is 0.189 e. The van der Waals surface area contributed by atoms with Crippen molar-refractivity contribution in [3.8, 4) is 0 Å². The molecule has 1 aliphatic carbocycles. The standard InChI is InChI=1S/C15H15ClN2O/c16-11-5-3-4-10(8-11)14(19)9-15-17-12-6-1-2-7-13(12)18-15/h3-6,8-9,13,17-18H,1-2,7H2/b15-9+/t13-/m0/s1. The number of carbonyl (C=O) groups excluding carboxylic acids is 1. The summed E-state index contributed by atoms with van der Waals surface area (Å²) in [5, 5.41) is 7.18. The number of allylic oxidation sites excluding steroid dienone is 2. The van der Waals surface area contributed by atoms with Gasteiger partial charge in [-0.05, 0) is 31.4 Å². The molecule has 1 heterocycles. The SMILES string of the molecule is O=C(/C=C1\NC2=CCCC[C@@H]2N1)c1cccc(Cl)c1. The van der Waals surface area contributed by atoms with Crippen LogP contribution in [0.4, 0.5) is 0 Å². The van der Waals surface area contributed by atoms with E-state index in [2.05, 4.69) is 16.7 Å². The van der Waals surface area contributed by atoms with Crippen LogP contribution in [0, 0.1) is 0 Å². The Balaban J connectivity index is 1.78. The summed E-state index contributed by atoms with van der Waals surface area (Å²) in [6.45, 7) is 0. The first-order chi connectivity index (χ1) is 9.22. The zero-order valence-electron chi connectivity index (χ0n) is 10.4. The molecule has 0 aromatic heterocycles. The van der Waals surface area contributed by atoms with Gasteiger partial charge < -0.3 is 10.6 Å². The maximum atomic E-state index is 12.1. The lowest BCUT2D eigenvalue weighted by Gasteiger charge is -2.14. The van der Waals surface area contributed by atoms with Crippen LogP contribution in [0.3, 0.4) is 0 Å². The number of fused-ring (bicyclic) bond motifs is 1. The van der Waals surface area contributed by atoms with Crippen LogP contribution in [0.2, 0.25) is 5.02 Å². The number of carbonyl (C=O) groups is 1. The molecule has 1 atom stereocenters. The molecule has 3 nitrogen and oxygen atoms in total. The van der Waals surface area contributed by atoms with Crippen LogP contribution in [-0.2, 0) is 0 Å².